The third-order valence-electron chi connectivity index (χ3n) is 10.3. The number of hydrogen-bond donors (Lipinski definition) is 0. The van der Waals surface area contributed by atoms with Gasteiger partial charge in [-0.3, -0.25) is 4.79 Å². The predicted molar refractivity (Wildman–Crippen MR) is 99.5 cm³/mol. The normalized spacial score (nSPS) is 53.3. The Hall–Kier alpha value is -0.880. The zero-order chi connectivity index (χ0) is 21.9. The summed E-state index contributed by atoms with van der Waals surface area (Å²) in [7, 11) is 0. The molecular formula is C23H31F5O2. The van der Waals surface area contributed by atoms with Gasteiger partial charge in [0.25, 0.3) is 5.92 Å². The molecule has 0 heterocycles. The van der Waals surface area contributed by atoms with Crippen LogP contribution in [0.5, 0.6) is 0 Å². The zero-order valence-corrected chi connectivity index (χ0v) is 17.8. The van der Waals surface area contributed by atoms with E-state index in [9.17, 15) is 18.0 Å². The molecule has 0 spiro atoms. The van der Waals surface area contributed by atoms with Crippen molar-refractivity contribution in [1.82, 2.24) is 0 Å². The third kappa shape index (κ3) is 2.23. The van der Waals surface area contributed by atoms with Crippen molar-refractivity contribution in [3.8, 4) is 0 Å². The van der Waals surface area contributed by atoms with E-state index in [-0.39, 0.29) is 18.3 Å². The monoisotopic (exact) mass is 434 g/mol. The Morgan fingerprint density at radius 3 is 1.83 bits per heavy atom. The summed E-state index contributed by atoms with van der Waals surface area (Å²) in [6.07, 6.45) is -0.724. The molecule has 170 valence electrons. The van der Waals surface area contributed by atoms with Gasteiger partial charge in [-0.05, 0) is 86.4 Å². The first-order chi connectivity index (χ1) is 13.9. The van der Waals surface area contributed by atoms with Crippen molar-refractivity contribution in [1.29, 1.82) is 0 Å². The van der Waals surface area contributed by atoms with Crippen molar-refractivity contribution >= 4 is 5.97 Å². The van der Waals surface area contributed by atoms with Crippen LogP contribution in [0.1, 0.15) is 65.7 Å². The number of carbonyl (C=O) groups excluding carboxylic acids is 1. The maximum absolute atomic E-state index is 15.5. The summed E-state index contributed by atoms with van der Waals surface area (Å²) in [4.78, 5) is 13.4. The van der Waals surface area contributed by atoms with Crippen LogP contribution >= 0.6 is 0 Å². The van der Waals surface area contributed by atoms with Crippen LogP contribution in [0.15, 0.2) is 0 Å². The maximum atomic E-state index is 15.5. The van der Waals surface area contributed by atoms with Crippen LogP contribution in [0.25, 0.3) is 0 Å². The van der Waals surface area contributed by atoms with Gasteiger partial charge in [0.15, 0.2) is 0 Å². The quantitative estimate of drug-likeness (QED) is 0.388. The molecule has 6 rings (SSSR count). The first kappa shape index (κ1) is 21.0. The predicted octanol–water partition coefficient (Wildman–Crippen LogP) is 6.24. The summed E-state index contributed by atoms with van der Waals surface area (Å²) in [6.45, 7) is 5.00. The largest absolute Gasteiger partial charge is 0.458 e. The molecule has 0 saturated heterocycles. The van der Waals surface area contributed by atoms with E-state index in [0.29, 0.717) is 18.3 Å². The highest BCUT2D eigenvalue weighted by Crippen LogP contribution is 2.73. The molecule has 6 fully saturated rings. The number of alkyl halides is 5. The molecule has 30 heavy (non-hydrogen) atoms. The molecule has 0 N–H and O–H groups in total. The Balaban J connectivity index is 1.55. The molecular weight excluding hydrogens is 403 g/mol. The Kier molecular flexibility index (Phi) is 4.28. The summed E-state index contributed by atoms with van der Waals surface area (Å²) >= 11 is 0. The fourth-order valence-electron chi connectivity index (χ4n) is 8.88. The molecule has 6 bridgehead atoms. The van der Waals surface area contributed by atoms with Crippen molar-refractivity contribution in [3.05, 3.63) is 0 Å². The molecule has 7 heteroatoms. The molecule has 2 nitrogen and oxygen atoms in total. The van der Waals surface area contributed by atoms with Gasteiger partial charge in [0.1, 0.15) is 5.60 Å². The van der Waals surface area contributed by atoms with Gasteiger partial charge in [0.05, 0.1) is 0 Å². The Bertz CT molecular complexity index is 718. The van der Waals surface area contributed by atoms with E-state index in [1.165, 1.54) is 0 Å². The summed E-state index contributed by atoms with van der Waals surface area (Å²) in [6, 6.07) is 0. The zero-order valence-electron chi connectivity index (χ0n) is 17.8. The molecule has 5 unspecified atom stereocenters. The van der Waals surface area contributed by atoms with Crippen LogP contribution < -0.4 is 0 Å². The van der Waals surface area contributed by atoms with E-state index in [1.54, 1.807) is 13.8 Å². The van der Waals surface area contributed by atoms with Crippen molar-refractivity contribution < 1.29 is 31.5 Å². The average Bonchev–Trinajstić information content (AvgIpc) is 3.07. The number of carbonyl (C=O) groups is 1. The minimum atomic E-state index is -5.34. The van der Waals surface area contributed by atoms with E-state index in [2.05, 4.69) is 0 Å². The van der Waals surface area contributed by atoms with Gasteiger partial charge in [-0.2, -0.15) is 13.2 Å². The van der Waals surface area contributed by atoms with Gasteiger partial charge < -0.3 is 4.74 Å². The van der Waals surface area contributed by atoms with Crippen molar-refractivity contribution in [2.45, 2.75) is 83.4 Å². The molecule has 5 atom stereocenters. The second-order valence-electron chi connectivity index (χ2n) is 11.1. The first-order valence-electron chi connectivity index (χ1n) is 11.6. The highest BCUT2D eigenvalue weighted by molar-refractivity contribution is 5.81. The number of ether oxygens (including phenoxy) is 1. The summed E-state index contributed by atoms with van der Waals surface area (Å²) in [5, 5.41) is 0. The average molecular weight is 434 g/mol. The van der Waals surface area contributed by atoms with Gasteiger partial charge in [-0.1, -0.05) is 20.8 Å². The lowest BCUT2D eigenvalue weighted by molar-refractivity contribution is -0.328. The van der Waals surface area contributed by atoms with E-state index in [0.717, 1.165) is 32.1 Å². The number of rotatable bonds is 3. The van der Waals surface area contributed by atoms with Crippen LogP contribution in [-0.2, 0) is 9.53 Å². The lowest BCUT2D eigenvalue weighted by Gasteiger charge is -2.61. The van der Waals surface area contributed by atoms with Crippen LogP contribution in [-0.4, -0.2) is 23.7 Å². The Morgan fingerprint density at radius 1 is 0.900 bits per heavy atom. The Morgan fingerprint density at radius 2 is 1.40 bits per heavy atom. The Labute approximate surface area is 174 Å². The number of esters is 1. The fourth-order valence-corrected chi connectivity index (χ4v) is 8.88. The lowest BCUT2D eigenvalue weighted by Crippen LogP contribution is -2.67. The van der Waals surface area contributed by atoms with Gasteiger partial charge in [0.2, 0.25) is 5.41 Å². The van der Waals surface area contributed by atoms with Crippen molar-refractivity contribution in [3.63, 3.8) is 0 Å². The molecule has 0 radical (unpaired) electrons. The van der Waals surface area contributed by atoms with Gasteiger partial charge in [0, 0.05) is 5.92 Å². The highest BCUT2D eigenvalue weighted by Gasteiger charge is 2.87. The SMILES string of the molecule is CCC1(OC(=O)C2(C(F)(F)F)C3CC(C(C)C3C)C2(F)F)C2CC3CC(C2)CC1C3. The van der Waals surface area contributed by atoms with Gasteiger partial charge >= 0.3 is 12.1 Å². The molecule has 0 amide bonds. The van der Waals surface area contributed by atoms with Crippen LogP contribution in [0.3, 0.4) is 0 Å². The summed E-state index contributed by atoms with van der Waals surface area (Å²) in [5.74, 6) is -8.77. The van der Waals surface area contributed by atoms with Gasteiger partial charge in [-0.25, -0.2) is 8.78 Å². The van der Waals surface area contributed by atoms with Crippen molar-refractivity contribution in [2.75, 3.05) is 0 Å². The smallest absolute Gasteiger partial charge is 0.411 e. The topological polar surface area (TPSA) is 26.3 Å². The molecule has 6 saturated carbocycles. The van der Waals surface area contributed by atoms with E-state index in [4.69, 9.17) is 4.74 Å². The van der Waals surface area contributed by atoms with E-state index in [1.807, 2.05) is 6.92 Å². The minimum absolute atomic E-state index is 0.00320. The van der Waals surface area contributed by atoms with E-state index < -0.39 is 52.8 Å². The molecule has 6 aliphatic carbocycles. The second-order valence-corrected chi connectivity index (χ2v) is 11.1. The van der Waals surface area contributed by atoms with Crippen LogP contribution in [0.2, 0.25) is 0 Å². The van der Waals surface area contributed by atoms with Gasteiger partial charge in [-0.15, -0.1) is 0 Å². The minimum Gasteiger partial charge on any atom is -0.458 e. The molecule has 0 aromatic heterocycles. The number of halogens is 5. The standard InChI is InChI=1S/C23H31F5O2/c1-4-20(15-6-13-5-14(8-15)9-16(20)7-13)30-19(29)21(23(26,27)28)17-10-18(22(21,24)25)12(3)11(17)2/h11-18H,4-10H2,1-3H3. The third-order valence-corrected chi connectivity index (χ3v) is 10.3. The van der Waals surface area contributed by atoms with Crippen LogP contribution in [0, 0.1) is 52.8 Å². The maximum Gasteiger partial charge on any atom is 0.411 e. The number of fused-ring (bicyclic) bond motifs is 2. The van der Waals surface area contributed by atoms with E-state index >= 15 is 8.78 Å². The first-order valence-corrected chi connectivity index (χ1v) is 11.6. The summed E-state index contributed by atoms with van der Waals surface area (Å²) < 4.78 is 80.2. The van der Waals surface area contributed by atoms with Crippen molar-refractivity contribution in [2.24, 2.45) is 52.8 Å². The second kappa shape index (κ2) is 6.12. The lowest BCUT2D eigenvalue weighted by atomic mass is 9.49. The van der Waals surface area contributed by atoms with Crippen LogP contribution in [0.4, 0.5) is 22.0 Å². The molecule has 0 aromatic carbocycles. The molecule has 0 aliphatic heterocycles. The molecule has 0 aromatic rings. The molecule has 6 aliphatic rings. The summed E-state index contributed by atoms with van der Waals surface area (Å²) in [5.41, 5.74) is -4.73. The number of hydrogen-bond acceptors (Lipinski definition) is 2. The fraction of sp³-hybridized carbons (Fsp3) is 0.957. The highest BCUT2D eigenvalue weighted by atomic mass is 19.4.